The zero-order valence-electron chi connectivity index (χ0n) is 37.1. The molecule has 6 aromatic rings. The minimum absolute atomic E-state index is 0.0493. The maximum Gasteiger partial charge on any atom is 0.408 e. The van der Waals surface area contributed by atoms with E-state index >= 15 is 0 Å². The van der Waals surface area contributed by atoms with E-state index < -0.39 is 22.8 Å². The molecule has 12 nitrogen and oxygen atoms in total. The van der Waals surface area contributed by atoms with Crippen molar-refractivity contribution in [3.63, 3.8) is 0 Å². The third-order valence-electron chi connectivity index (χ3n) is 10.2. The van der Waals surface area contributed by atoms with Gasteiger partial charge in [0, 0.05) is 42.8 Å². The Morgan fingerprint density at radius 2 is 1.12 bits per heavy atom. The molecule has 316 valence electrons. The number of ether oxygens (including phenoxy) is 3. The van der Waals surface area contributed by atoms with Crippen molar-refractivity contribution in [1.29, 1.82) is 0 Å². The molecule has 0 aliphatic carbocycles. The summed E-state index contributed by atoms with van der Waals surface area (Å²) < 4.78 is 20.8. The number of amides is 1. The zero-order valence-corrected chi connectivity index (χ0v) is 37.1. The number of hydrogen-bond acceptors (Lipinski definition) is 9. The highest BCUT2D eigenvalue weighted by Crippen LogP contribution is 2.29. The van der Waals surface area contributed by atoms with E-state index in [4.69, 9.17) is 19.9 Å². The summed E-state index contributed by atoms with van der Waals surface area (Å²) in [7, 11) is 3.54. The van der Waals surface area contributed by atoms with Crippen LogP contribution in [0.4, 0.5) is 4.79 Å². The van der Waals surface area contributed by atoms with Crippen LogP contribution in [0.25, 0.3) is 43.4 Å². The second kappa shape index (κ2) is 17.4. The number of aryl methyl sites for hydroxylation is 4. The predicted molar refractivity (Wildman–Crippen MR) is 239 cm³/mol. The largest absolute Gasteiger partial charge is 0.492 e. The Kier molecular flexibility index (Phi) is 13.1. The Balaban J connectivity index is 0.000000230. The van der Waals surface area contributed by atoms with Crippen LogP contribution in [-0.2, 0) is 18.8 Å². The van der Waals surface area contributed by atoms with Crippen LogP contribution in [0.3, 0.4) is 0 Å². The fourth-order valence-electron chi connectivity index (χ4n) is 8.09. The van der Waals surface area contributed by atoms with Gasteiger partial charge in [-0.3, -0.25) is 19.6 Å². The summed E-state index contributed by atoms with van der Waals surface area (Å²) in [4.78, 5) is 47.0. The summed E-state index contributed by atoms with van der Waals surface area (Å²) in [5.41, 5.74) is 7.90. The minimum atomic E-state index is -0.636. The van der Waals surface area contributed by atoms with Gasteiger partial charge < -0.3 is 34.4 Å². The molecule has 1 amide bonds. The van der Waals surface area contributed by atoms with E-state index in [-0.39, 0.29) is 17.7 Å². The van der Waals surface area contributed by atoms with Crippen LogP contribution in [-0.4, -0.2) is 55.1 Å². The molecule has 4 aromatic heterocycles. The number of fused-ring (bicyclic) bond motifs is 6. The van der Waals surface area contributed by atoms with Crippen molar-refractivity contribution in [2.75, 3.05) is 13.2 Å². The topological polar surface area (TPSA) is 153 Å². The molecule has 4 heterocycles. The van der Waals surface area contributed by atoms with E-state index in [1.807, 2.05) is 90.9 Å². The first-order valence-electron chi connectivity index (χ1n) is 20.3. The van der Waals surface area contributed by atoms with Crippen LogP contribution >= 0.6 is 0 Å². The van der Waals surface area contributed by atoms with E-state index in [1.165, 1.54) is 0 Å². The number of alkyl carbamates (subject to hydrolysis) is 1. The Morgan fingerprint density at radius 1 is 0.678 bits per heavy atom. The van der Waals surface area contributed by atoms with Crippen molar-refractivity contribution in [3.8, 4) is 11.5 Å². The maximum atomic E-state index is 13.1. The average molecular weight is 807 g/mol. The van der Waals surface area contributed by atoms with Crippen LogP contribution < -0.4 is 31.6 Å². The maximum absolute atomic E-state index is 13.1. The van der Waals surface area contributed by atoms with Crippen LogP contribution in [0.15, 0.2) is 70.5 Å². The van der Waals surface area contributed by atoms with Gasteiger partial charge >= 0.3 is 6.09 Å². The van der Waals surface area contributed by atoms with Crippen LogP contribution in [0.1, 0.15) is 86.5 Å². The molecule has 0 aliphatic rings. The van der Waals surface area contributed by atoms with E-state index in [9.17, 15) is 14.4 Å². The number of nitrogens with two attached hydrogens (primary N) is 1. The van der Waals surface area contributed by atoms with Gasteiger partial charge in [0.05, 0.1) is 38.7 Å². The lowest BCUT2D eigenvalue weighted by atomic mass is 9.91. The Hall–Kier alpha value is -5.49. The van der Waals surface area contributed by atoms with Crippen molar-refractivity contribution < 1.29 is 19.0 Å². The third-order valence-corrected chi connectivity index (χ3v) is 10.2. The van der Waals surface area contributed by atoms with Crippen molar-refractivity contribution in [2.24, 2.45) is 31.7 Å². The lowest BCUT2D eigenvalue weighted by molar-refractivity contribution is 0.0408. The summed E-state index contributed by atoms with van der Waals surface area (Å²) in [5, 5.41) is 7.98. The summed E-state index contributed by atoms with van der Waals surface area (Å²) in [6.07, 6.45) is 4.64. The lowest BCUT2D eigenvalue weighted by Gasteiger charge is -2.33. The highest BCUT2D eigenvalue weighted by atomic mass is 16.6. The SMILES string of the molecule is Cc1nccc2c3ccc(OC[C@@](C)(CC(C)C)NC(=O)OC(C)(C)C)cc3c(=O)n(C)c12.Cc1nccc2c3ccc(OC[C@](C)(N)CC(C)C)cc3c(=O)n(C)c12. The van der Waals surface area contributed by atoms with Gasteiger partial charge in [0.15, 0.2) is 0 Å². The van der Waals surface area contributed by atoms with Crippen LogP contribution in [0.2, 0.25) is 0 Å². The van der Waals surface area contributed by atoms with E-state index in [0.717, 1.165) is 50.4 Å². The first kappa shape index (κ1) is 44.6. The molecule has 6 rings (SSSR count). The predicted octanol–water partition coefficient (Wildman–Crippen LogP) is 8.64. The number of hydrogen-bond donors (Lipinski definition) is 2. The number of nitrogens with zero attached hydrogens (tertiary/aromatic N) is 4. The van der Waals surface area contributed by atoms with Gasteiger partial charge in [-0.1, -0.05) is 27.7 Å². The molecule has 0 bridgehead atoms. The molecule has 2 aromatic carbocycles. The molecule has 12 heteroatoms. The highest BCUT2D eigenvalue weighted by molar-refractivity contribution is 6.07. The number of pyridine rings is 4. The van der Waals surface area contributed by atoms with Gasteiger partial charge in [0.25, 0.3) is 11.1 Å². The fourth-order valence-corrected chi connectivity index (χ4v) is 8.09. The summed E-state index contributed by atoms with van der Waals surface area (Å²) in [6, 6.07) is 15.1. The first-order chi connectivity index (χ1) is 27.5. The highest BCUT2D eigenvalue weighted by Gasteiger charge is 2.31. The molecule has 0 saturated carbocycles. The lowest BCUT2D eigenvalue weighted by Crippen LogP contribution is -2.52. The van der Waals surface area contributed by atoms with Gasteiger partial charge in [-0.15, -0.1) is 0 Å². The minimum Gasteiger partial charge on any atom is -0.492 e. The van der Waals surface area contributed by atoms with Crippen molar-refractivity contribution in [1.82, 2.24) is 24.4 Å². The number of nitrogens with one attached hydrogen (secondary N) is 1. The number of benzene rings is 2. The van der Waals surface area contributed by atoms with Crippen molar-refractivity contribution in [2.45, 2.75) is 106 Å². The fraction of sp³-hybridized carbons (Fsp3) is 0.468. The van der Waals surface area contributed by atoms with Crippen LogP contribution in [0, 0.1) is 25.7 Å². The summed E-state index contributed by atoms with van der Waals surface area (Å²) in [5.74, 6) is 2.08. The number of carbonyl (C=O) groups excluding carboxylic acids is 1. The monoisotopic (exact) mass is 806 g/mol. The van der Waals surface area contributed by atoms with Gasteiger partial charge in [-0.2, -0.15) is 0 Å². The molecule has 3 N–H and O–H groups in total. The van der Waals surface area contributed by atoms with Gasteiger partial charge in [-0.25, -0.2) is 4.79 Å². The van der Waals surface area contributed by atoms with Crippen molar-refractivity contribution in [3.05, 3.63) is 93.0 Å². The first-order valence-corrected chi connectivity index (χ1v) is 20.3. The Bertz CT molecular complexity index is 2620. The molecular formula is C47H62N6O6. The smallest absolute Gasteiger partial charge is 0.408 e. The number of aromatic nitrogens is 4. The molecular weight excluding hydrogens is 745 g/mol. The molecule has 0 saturated heterocycles. The second-order valence-corrected chi connectivity index (χ2v) is 18.3. The van der Waals surface area contributed by atoms with Crippen molar-refractivity contribution >= 4 is 49.4 Å². The molecule has 0 radical (unpaired) electrons. The standard InChI is InChI=1S/C26H35N3O4.C21H27N3O2/c1-16(2)14-26(7,28-24(31)33-25(4,5)6)15-32-18-9-10-19-20-11-12-27-17(3)22(20)29(8)23(30)21(19)13-18;1-13(2)11-21(4,22)12-26-15-6-7-16-17-8-9-23-14(3)19(17)24(5)20(25)18(16)10-15/h9-13,16H,14-15H2,1-8H3,(H,28,31);6-10,13H,11-12,22H2,1-5H3/t26-;21-/m11/s1. The molecule has 2 atom stereocenters. The summed E-state index contributed by atoms with van der Waals surface area (Å²) in [6.45, 7) is 22.4. The number of carbonyl (C=O) groups is 1. The van der Waals surface area contributed by atoms with E-state index in [2.05, 4.69) is 43.0 Å². The van der Waals surface area contributed by atoms with Gasteiger partial charge in [0.2, 0.25) is 0 Å². The molecule has 0 aliphatic heterocycles. The van der Waals surface area contributed by atoms with Gasteiger partial charge in [0.1, 0.15) is 30.3 Å². The Morgan fingerprint density at radius 3 is 1.54 bits per heavy atom. The van der Waals surface area contributed by atoms with E-state index in [0.29, 0.717) is 47.1 Å². The van der Waals surface area contributed by atoms with Gasteiger partial charge in [-0.05, 0) is 132 Å². The Labute approximate surface area is 347 Å². The molecule has 0 spiro atoms. The normalized spacial score (nSPS) is 14.0. The second-order valence-electron chi connectivity index (χ2n) is 18.3. The zero-order chi connectivity index (χ0) is 43.6. The van der Waals surface area contributed by atoms with E-state index in [1.54, 1.807) is 41.7 Å². The molecule has 0 unspecified atom stereocenters. The third kappa shape index (κ3) is 10.6. The molecule has 59 heavy (non-hydrogen) atoms. The number of rotatable bonds is 11. The average Bonchev–Trinajstić information content (AvgIpc) is 3.12. The quantitative estimate of drug-likeness (QED) is 0.123. The molecule has 0 fully saturated rings. The van der Waals surface area contributed by atoms with Crippen LogP contribution in [0.5, 0.6) is 11.5 Å². The summed E-state index contributed by atoms with van der Waals surface area (Å²) >= 11 is 0.